The Morgan fingerprint density at radius 1 is 0.784 bits per heavy atom. The van der Waals surface area contributed by atoms with E-state index in [0.29, 0.717) is 5.92 Å². The maximum atomic E-state index is 4.54. The van der Waals surface area contributed by atoms with Crippen LogP contribution in [0.2, 0.25) is 0 Å². The summed E-state index contributed by atoms with van der Waals surface area (Å²) >= 11 is 0. The van der Waals surface area contributed by atoms with Crippen LogP contribution in [0.4, 0.5) is 0 Å². The highest BCUT2D eigenvalue weighted by Crippen LogP contribution is 2.60. The van der Waals surface area contributed by atoms with E-state index in [-0.39, 0.29) is 11.3 Å². The SMILES string of the molecule is C=CC(=C)C1(C(/C=C\C)=C/C)c2ccc(-c3cccc(-c4ccccc4)c3)cc2C2C=CC=CC21.CC. The molecule has 2 aliphatic rings. The van der Waals surface area contributed by atoms with E-state index in [1.165, 1.54) is 39.0 Å². The lowest BCUT2D eigenvalue weighted by atomic mass is 9.62. The van der Waals surface area contributed by atoms with Gasteiger partial charge in [0.2, 0.25) is 0 Å². The monoisotopic (exact) mass is 482 g/mol. The minimum Gasteiger partial charge on any atom is -0.0988 e. The Hall–Kier alpha value is -3.90. The summed E-state index contributed by atoms with van der Waals surface area (Å²) in [6.07, 6.45) is 17.6. The molecule has 0 heteroatoms. The maximum Gasteiger partial charge on any atom is 0.0516 e. The summed E-state index contributed by atoms with van der Waals surface area (Å²) in [5.41, 5.74) is 9.68. The smallest absolute Gasteiger partial charge is 0.0516 e. The zero-order valence-corrected chi connectivity index (χ0v) is 22.6. The second-order valence-electron chi connectivity index (χ2n) is 9.35. The molecule has 3 aromatic rings. The predicted molar refractivity (Wildman–Crippen MR) is 163 cm³/mol. The molecule has 0 saturated carbocycles. The van der Waals surface area contributed by atoms with Crippen LogP contribution in [0.5, 0.6) is 0 Å². The van der Waals surface area contributed by atoms with E-state index in [9.17, 15) is 0 Å². The van der Waals surface area contributed by atoms with Crippen LogP contribution < -0.4 is 0 Å². The van der Waals surface area contributed by atoms with E-state index in [2.05, 4.69) is 142 Å². The third-order valence-corrected chi connectivity index (χ3v) is 7.64. The first kappa shape index (κ1) is 26.2. The molecular weight excluding hydrogens is 444 g/mol. The lowest BCUT2D eigenvalue weighted by molar-refractivity contribution is 0.455. The fourth-order valence-electron chi connectivity index (χ4n) is 6.10. The summed E-state index contributed by atoms with van der Waals surface area (Å²) in [5.74, 6) is 0.561. The quantitative estimate of drug-likeness (QED) is 0.307. The van der Waals surface area contributed by atoms with Crippen molar-refractivity contribution in [1.82, 2.24) is 0 Å². The van der Waals surface area contributed by atoms with Gasteiger partial charge in [0.15, 0.2) is 0 Å². The second-order valence-corrected chi connectivity index (χ2v) is 9.35. The van der Waals surface area contributed by atoms with Crippen molar-refractivity contribution < 1.29 is 0 Å². The molecule has 3 atom stereocenters. The normalized spacial score (nSPS) is 21.7. The molecule has 0 saturated heterocycles. The van der Waals surface area contributed by atoms with Gasteiger partial charge in [0.1, 0.15) is 0 Å². The molecule has 0 aromatic heterocycles. The van der Waals surface area contributed by atoms with Crippen molar-refractivity contribution in [3.05, 3.63) is 157 Å². The Kier molecular flexibility index (Phi) is 8.09. The van der Waals surface area contributed by atoms with Crippen LogP contribution in [0.3, 0.4) is 0 Å². The lowest BCUT2D eigenvalue weighted by Gasteiger charge is -2.39. The van der Waals surface area contributed by atoms with Gasteiger partial charge in [-0.05, 0) is 64.4 Å². The zero-order valence-electron chi connectivity index (χ0n) is 22.6. The standard InChI is InChI=1S/C35H32.C2H6/c1-5-14-30(7-3)35(25(4)6-2)33-20-12-11-19-31(33)32-24-29(21-22-34(32)35)28-18-13-17-27(23-28)26-15-9-8-10-16-26;1-2/h5-24,31,33H,2,4H2,1,3H3;1-2H3/b14-5-,30-7+;. The van der Waals surface area contributed by atoms with Gasteiger partial charge >= 0.3 is 0 Å². The van der Waals surface area contributed by atoms with Crippen LogP contribution >= 0.6 is 0 Å². The largest absolute Gasteiger partial charge is 0.0988 e. The highest BCUT2D eigenvalue weighted by atomic mass is 14.5. The third-order valence-electron chi connectivity index (χ3n) is 7.64. The third kappa shape index (κ3) is 4.42. The van der Waals surface area contributed by atoms with Gasteiger partial charge in [-0.25, -0.2) is 0 Å². The van der Waals surface area contributed by atoms with E-state index in [1.54, 1.807) is 0 Å². The maximum absolute atomic E-state index is 4.54. The molecule has 0 nitrogen and oxygen atoms in total. The van der Waals surface area contributed by atoms with E-state index in [4.69, 9.17) is 0 Å². The number of benzene rings is 3. The van der Waals surface area contributed by atoms with E-state index < -0.39 is 0 Å². The van der Waals surface area contributed by atoms with Crippen LogP contribution in [0.1, 0.15) is 44.7 Å². The topological polar surface area (TPSA) is 0 Å². The number of fused-ring (bicyclic) bond motifs is 3. The van der Waals surface area contributed by atoms with Crippen molar-refractivity contribution in [2.45, 2.75) is 39.0 Å². The molecule has 0 spiro atoms. The van der Waals surface area contributed by atoms with Crippen molar-refractivity contribution in [3.8, 4) is 22.3 Å². The average molecular weight is 483 g/mol. The summed E-state index contributed by atoms with van der Waals surface area (Å²) in [6.45, 7) is 16.9. The first-order valence-electron chi connectivity index (χ1n) is 13.4. The van der Waals surface area contributed by atoms with Crippen molar-refractivity contribution in [3.63, 3.8) is 0 Å². The lowest BCUT2D eigenvalue weighted by Crippen LogP contribution is -2.35. The highest BCUT2D eigenvalue weighted by Gasteiger charge is 2.53. The van der Waals surface area contributed by atoms with E-state index in [0.717, 1.165) is 5.57 Å². The van der Waals surface area contributed by atoms with E-state index in [1.807, 2.05) is 19.9 Å². The summed E-state index contributed by atoms with van der Waals surface area (Å²) in [7, 11) is 0. The summed E-state index contributed by atoms with van der Waals surface area (Å²) in [6, 6.07) is 26.5. The zero-order chi connectivity index (χ0) is 26.4. The van der Waals surface area contributed by atoms with Crippen molar-refractivity contribution in [2.75, 3.05) is 0 Å². The van der Waals surface area contributed by atoms with Crippen molar-refractivity contribution >= 4 is 0 Å². The minimum absolute atomic E-state index is 0.265. The first-order chi connectivity index (χ1) is 18.1. The number of rotatable bonds is 6. The molecule has 0 N–H and O–H groups in total. The van der Waals surface area contributed by atoms with Gasteiger partial charge < -0.3 is 0 Å². The Bertz CT molecular complexity index is 1390. The molecule has 2 aliphatic carbocycles. The Balaban J connectivity index is 0.00000156. The molecule has 3 aromatic carbocycles. The second kappa shape index (κ2) is 11.4. The van der Waals surface area contributed by atoms with Crippen LogP contribution in [-0.2, 0) is 5.41 Å². The molecule has 186 valence electrons. The Morgan fingerprint density at radius 3 is 2.11 bits per heavy atom. The molecule has 0 aliphatic heterocycles. The number of hydrogen-bond donors (Lipinski definition) is 0. The van der Waals surface area contributed by atoms with Gasteiger partial charge in [-0.1, -0.05) is 142 Å². The van der Waals surface area contributed by atoms with Crippen LogP contribution in [0.25, 0.3) is 22.3 Å². The average Bonchev–Trinajstić information content (AvgIpc) is 3.27. The molecule has 0 heterocycles. The van der Waals surface area contributed by atoms with Gasteiger partial charge in [-0.3, -0.25) is 0 Å². The van der Waals surface area contributed by atoms with Gasteiger partial charge in [-0.2, -0.15) is 0 Å². The van der Waals surface area contributed by atoms with Crippen LogP contribution in [-0.4, -0.2) is 0 Å². The predicted octanol–water partition coefficient (Wildman–Crippen LogP) is 10.4. The summed E-state index contributed by atoms with van der Waals surface area (Å²) in [5, 5.41) is 0. The van der Waals surface area contributed by atoms with Crippen LogP contribution in [0, 0.1) is 5.92 Å². The van der Waals surface area contributed by atoms with Gasteiger partial charge in [0.05, 0.1) is 5.41 Å². The number of allylic oxidation sites excluding steroid dienone is 10. The van der Waals surface area contributed by atoms with Crippen molar-refractivity contribution in [2.24, 2.45) is 5.92 Å². The van der Waals surface area contributed by atoms with Gasteiger partial charge in [-0.15, -0.1) is 0 Å². The highest BCUT2D eigenvalue weighted by molar-refractivity contribution is 5.75. The molecule has 0 radical (unpaired) electrons. The molecule has 37 heavy (non-hydrogen) atoms. The molecule has 5 rings (SSSR count). The number of hydrogen-bond acceptors (Lipinski definition) is 0. The molecular formula is C37H38. The molecule has 0 amide bonds. The van der Waals surface area contributed by atoms with E-state index >= 15 is 0 Å². The molecule has 0 fully saturated rings. The molecule has 3 unspecified atom stereocenters. The molecule has 0 bridgehead atoms. The summed E-state index contributed by atoms with van der Waals surface area (Å²) < 4.78 is 0. The Morgan fingerprint density at radius 2 is 1.43 bits per heavy atom. The minimum atomic E-state index is -0.325. The fraction of sp³-hybridized carbons (Fsp3) is 0.189. The Labute approximate surface area is 223 Å². The van der Waals surface area contributed by atoms with Gasteiger partial charge in [0, 0.05) is 11.8 Å². The van der Waals surface area contributed by atoms with Gasteiger partial charge in [0.25, 0.3) is 0 Å². The summed E-state index contributed by atoms with van der Waals surface area (Å²) in [4.78, 5) is 0. The van der Waals surface area contributed by atoms with Crippen LogP contribution in [0.15, 0.2) is 146 Å². The first-order valence-corrected chi connectivity index (χ1v) is 13.4. The fourth-order valence-corrected chi connectivity index (χ4v) is 6.10. The van der Waals surface area contributed by atoms with Crippen molar-refractivity contribution in [1.29, 1.82) is 0 Å².